The molecule has 0 heterocycles. The summed E-state index contributed by atoms with van der Waals surface area (Å²) in [4.78, 5) is 22.7. The molecule has 1 rings (SSSR count). The van der Waals surface area contributed by atoms with Gasteiger partial charge >= 0.3 is 6.03 Å². The lowest BCUT2D eigenvalue weighted by Gasteiger charge is -2.15. The van der Waals surface area contributed by atoms with Crippen molar-refractivity contribution >= 4 is 11.9 Å². The maximum absolute atomic E-state index is 12.1. The van der Waals surface area contributed by atoms with Crippen molar-refractivity contribution in [1.29, 1.82) is 0 Å². The van der Waals surface area contributed by atoms with Crippen LogP contribution in [-0.2, 0) is 6.54 Å². The smallest absolute Gasteiger partial charge is 0.312 e. The number of nitrogens with one attached hydrogen (secondary N) is 2. The Balaban J connectivity index is 2.49. The zero-order valence-corrected chi connectivity index (χ0v) is 13.0. The van der Waals surface area contributed by atoms with E-state index in [0.29, 0.717) is 18.0 Å². The first-order valence-corrected chi connectivity index (χ1v) is 7.31. The van der Waals surface area contributed by atoms with Crippen LogP contribution < -0.4 is 16.4 Å². The van der Waals surface area contributed by atoms with Gasteiger partial charge < -0.3 is 16.4 Å². The maximum atomic E-state index is 12.1. The molecule has 116 valence electrons. The van der Waals surface area contributed by atoms with Gasteiger partial charge in [-0.15, -0.1) is 0 Å². The Bertz CT molecular complexity index is 469. The average molecular weight is 291 g/mol. The zero-order valence-electron chi connectivity index (χ0n) is 13.0. The van der Waals surface area contributed by atoms with Crippen molar-refractivity contribution in [1.82, 2.24) is 10.6 Å². The number of carbonyl (C=O) groups excluding carboxylic acids is 2. The highest BCUT2D eigenvalue weighted by molar-refractivity contribution is 5.94. The first-order valence-electron chi connectivity index (χ1n) is 7.31. The number of hydrogen-bond acceptors (Lipinski definition) is 2. The third-order valence-electron chi connectivity index (χ3n) is 3.24. The Labute approximate surface area is 126 Å². The number of urea groups is 1. The highest BCUT2D eigenvalue weighted by Crippen LogP contribution is 2.08. The molecular weight excluding hydrogens is 266 g/mol. The molecule has 0 unspecified atom stereocenters. The molecule has 0 fully saturated rings. The van der Waals surface area contributed by atoms with Crippen LogP contribution in [0.15, 0.2) is 24.3 Å². The molecule has 3 amide bonds. The van der Waals surface area contributed by atoms with E-state index in [-0.39, 0.29) is 11.9 Å². The van der Waals surface area contributed by atoms with E-state index in [1.54, 1.807) is 12.1 Å². The molecule has 0 aromatic heterocycles. The fourth-order valence-corrected chi connectivity index (χ4v) is 1.93. The van der Waals surface area contributed by atoms with Crippen LogP contribution in [0.3, 0.4) is 0 Å². The minimum atomic E-state index is -0.559. The molecule has 1 aromatic carbocycles. The summed E-state index contributed by atoms with van der Waals surface area (Å²) in [5, 5.41) is 5.50. The van der Waals surface area contributed by atoms with Gasteiger partial charge in [0.2, 0.25) is 0 Å². The molecule has 1 aromatic rings. The summed E-state index contributed by atoms with van der Waals surface area (Å²) in [7, 11) is 0. The van der Waals surface area contributed by atoms with Crippen LogP contribution in [0, 0.1) is 5.92 Å². The van der Waals surface area contributed by atoms with Crippen LogP contribution in [0.25, 0.3) is 0 Å². The van der Waals surface area contributed by atoms with Crippen molar-refractivity contribution in [3.63, 3.8) is 0 Å². The number of hydrogen-bond donors (Lipinski definition) is 3. The van der Waals surface area contributed by atoms with Crippen LogP contribution in [0.2, 0.25) is 0 Å². The van der Waals surface area contributed by atoms with Gasteiger partial charge in [-0.1, -0.05) is 26.0 Å². The molecule has 1 atom stereocenters. The van der Waals surface area contributed by atoms with Crippen molar-refractivity contribution in [2.24, 2.45) is 11.7 Å². The van der Waals surface area contributed by atoms with Gasteiger partial charge in [0.25, 0.3) is 5.91 Å². The van der Waals surface area contributed by atoms with Gasteiger partial charge in [0.05, 0.1) is 0 Å². The van der Waals surface area contributed by atoms with Gasteiger partial charge in [0, 0.05) is 18.2 Å². The fraction of sp³-hybridized carbons (Fsp3) is 0.500. The number of amides is 3. The van der Waals surface area contributed by atoms with E-state index in [1.807, 2.05) is 19.1 Å². The minimum absolute atomic E-state index is 0.0688. The highest BCUT2D eigenvalue weighted by atomic mass is 16.2. The standard InChI is InChI=1S/C16H25N3O2/c1-11(2)4-5-12(3)19-15(20)14-8-6-13(7-9-14)10-18-16(17)21/h6-9,11-12H,4-5,10H2,1-3H3,(H,19,20)(H3,17,18,21)/t12-/m0/s1. The van der Waals surface area contributed by atoms with Gasteiger partial charge in [-0.25, -0.2) is 4.79 Å². The number of carbonyl (C=O) groups is 2. The molecule has 0 spiro atoms. The van der Waals surface area contributed by atoms with E-state index < -0.39 is 6.03 Å². The third kappa shape index (κ3) is 6.79. The Kier molecular flexibility index (Phi) is 6.72. The van der Waals surface area contributed by atoms with Crippen LogP contribution in [0.4, 0.5) is 4.79 Å². The Morgan fingerprint density at radius 1 is 1.10 bits per heavy atom. The Morgan fingerprint density at radius 3 is 2.24 bits per heavy atom. The van der Waals surface area contributed by atoms with E-state index >= 15 is 0 Å². The SMILES string of the molecule is CC(C)CC[C@H](C)NC(=O)c1ccc(CNC(N)=O)cc1. The molecule has 0 saturated carbocycles. The molecule has 0 aliphatic heterocycles. The van der Waals surface area contributed by atoms with Crippen molar-refractivity contribution in [2.45, 2.75) is 46.2 Å². The van der Waals surface area contributed by atoms with Crippen molar-refractivity contribution < 1.29 is 9.59 Å². The molecule has 0 saturated heterocycles. The molecule has 5 heteroatoms. The maximum Gasteiger partial charge on any atom is 0.312 e. The minimum Gasteiger partial charge on any atom is -0.352 e. The van der Waals surface area contributed by atoms with Gasteiger partial charge in [-0.2, -0.15) is 0 Å². The number of rotatable bonds is 7. The van der Waals surface area contributed by atoms with Gasteiger partial charge in [0.15, 0.2) is 0 Å². The summed E-state index contributed by atoms with van der Waals surface area (Å²) < 4.78 is 0. The first kappa shape index (κ1) is 17.0. The molecule has 4 N–H and O–H groups in total. The highest BCUT2D eigenvalue weighted by Gasteiger charge is 2.10. The summed E-state index contributed by atoms with van der Waals surface area (Å²) >= 11 is 0. The lowest BCUT2D eigenvalue weighted by Crippen LogP contribution is -2.32. The van der Waals surface area contributed by atoms with Crippen LogP contribution in [0.1, 0.15) is 49.5 Å². The zero-order chi connectivity index (χ0) is 15.8. The van der Waals surface area contributed by atoms with Crippen molar-refractivity contribution in [3.05, 3.63) is 35.4 Å². The lowest BCUT2D eigenvalue weighted by atomic mass is 10.0. The fourth-order valence-electron chi connectivity index (χ4n) is 1.93. The quantitative estimate of drug-likeness (QED) is 0.720. The summed E-state index contributed by atoms with van der Waals surface area (Å²) in [6, 6.07) is 6.73. The predicted octanol–water partition coefficient (Wildman–Crippen LogP) is 2.41. The van der Waals surface area contributed by atoms with E-state index in [2.05, 4.69) is 24.5 Å². The van der Waals surface area contributed by atoms with Gasteiger partial charge in [-0.3, -0.25) is 4.79 Å². The molecule has 0 bridgehead atoms. The van der Waals surface area contributed by atoms with E-state index in [0.717, 1.165) is 18.4 Å². The topological polar surface area (TPSA) is 84.2 Å². The van der Waals surface area contributed by atoms with Crippen molar-refractivity contribution in [3.8, 4) is 0 Å². The van der Waals surface area contributed by atoms with Gasteiger partial charge in [0.1, 0.15) is 0 Å². The van der Waals surface area contributed by atoms with Crippen LogP contribution in [-0.4, -0.2) is 18.0 Å². The summed E-state index contributed by atoms with van der Waals surface area (Å²) in [6.07, 6.45) is 2.07. The average Bonchev–Trinajstić information content (AvgIpc) is 2.43. The van der Waals surface area contributed by atoms with Gasteiger partial charge in [-0.05, 0) is 43.4 Å². The van der Waals surface area contributed by atoms with Crippen molar-refractivity contribution in [2.75, 3.05) is 0 Å². The largest absolute Gasteiger partial charge is 0.352 e. The molecular formula is C16H25N3O2. The summed E-state index contributed by atoms with van der Waals surface area (Å²) in [5.41, 5.74) is 6.53. The number of benzene rings is 1. The summed E-state index contributed by atoms with van der Waals surface area (Å²) in [6.45, 7) is 6.73. The molecule has 0 aliphatic carbocycles. The van der Waals surface area contributed by atoms with E-state index in [4.69, 9.17) is 5.73 Å². The monoisotopic (exact) mass is 291 g/mol. The second-order valence-corrected chi connectivity index (χ2v) is 5.76. The normalized spacial score (nSPS) is 12.0. The summed E-state index contributed by atoms with van der Waals surface area (Å²) in [5.74, 6) is 0.571. The van der Waals surface area contributed by atoms with E-state index in [9.17, 15) is 9.59 Å². The second-order valence-electron chi connectivity index (χ2n) is 5.76. The van der Waals surface area contributed by atoms with Crippen LogP contribution >= 0.6 is 0 Å². The molecule has 21 heavy (non-hydrogen) atoms. The number of primary amides is 1. The third-order valence-corrected chi connectivity index (χ3v) is 3.24. The Morgan fingerprint density at radius 2 is 1.71 bits per heavy atom. The molecule has 5 nitrogen and oxygen atoms in total. The molecule has 0 radical (unpaired) electrons. The lowest BCUT2D eigenvalue weighted by molar-refractivity contribution is 0.0937. The predicted molar refractivity (Wildman–Crippen MR) is 83.9 cm³/mol. The van der Waals surface area contributed by atoms with Crippen LogP contribution in [0.5, 0.6) is 0 Å². The first-order chi connectivity index (χ1) is 9.88. The Hall–Kier alpha value is -2.04. The molecule has 0 aliphatic rings. The second kappa shape index (κ2) is 8.29. The van der Waals surface area contributed by atoms with E-state index in [1.165, 1.54) is 0 Å². The number of nitrogens with two attached hydrogens (primary N) is 1.